The number of carbonyl (C=O) groups excluding carboxylic acids is 3. The van der Waals surface area contributed by atoms with Crippen LogP contribution >= 0.6 is 0 Å². The molecule has 0 unspecified atom stereocenters. The number of nitrogens with one attached hydrogen (secondary N) is 1. The summed E-state index contributed by atoms with van der Waals surface area (Å²) in [6.07, 6.45) is 5.21. The minimum absolute atomic E-state index is 0.0204. The number of hydrogen-bond donors (Lipinski definition) is 2. The number of imide groups is 1. The molecule has 1 heterocycles. The molecule has 150 valence electrons. The molecule has 3 N–H and O–H groups in total. The molecule has 0 bridgehead atoms. The SMILES string of the molecule is CC.NCCOCCOCCNC(=O)CCCCCN1C(=O)C=CC1=O. The van der Waals surface area contributed by atoms with Gasteiger partial charge in [-0.25, -0.2) is 0 Å². The summed E-state index contributed by atoms with van der Waals surface area (Å²) in [4.78, 5) is 35.5. The molecule has 1 aliphatic rings. The van der Waals surface area contributed by atoms with Gasteiger partial charge in [-0.15, -0.1) is 0 Å². The normalized spacial score (nSPS) is 13.0. The van der Waals surface area contributed by atoms with Gasteiger partial charge in [-0.1, -0.05) is 20.3 Å². The van der Waals surface area contributed by atoms with Gasteiger partial charge in [-0.2, -0.15) is 0 Å². The maximum Gasteiger partial charge on any atom is 0.253 e. The molecule has 3 amide bonds. The molecule has 8 nitrogen and oxygen atoms in total. The maximum atomic E-state index is 11.6. The van der Waals surface area contributed by atoms with E-state index in [4.69, 9.17) is 15.2 Å². The maximum absolute atomic E-state index is 11.6. The van der Waals surface area contributed by atoms with E-state index in [1.165, 1.54) is 17.1 Å². The second-order valence-electron chi connectivity index (χ2n) is 5.34. The first-order valence-electron chi connectivity index (χ1n) is 9.31. The molecule has 26 heavy (non-hydrogen) atoms. The highest BCUT2D eigenvalue weighted by molar-refractivity contribution is 6.12. The van der Waals surface area contributed by atoms with Crippen molar-refractivity contribution in [3.05, 3.63) is 12.2 Å². The second kappa shape index (κ2) is 16.7. The Hall–Kier alpha value is -1.77. The van der Waals surface area contributed by atoms with Gasteiger partial charge in [-0.05, 0) is 12.8 Å². The lowest BCUT2D eigenvalue weighted by Crippen LogP contribution is -2.31. The Morgan fingerprint density at radius 1 is 1.00 bits per heavy atom. The molecule has 1 aliphatic heterocycles. The van der Waals surface area contributed by atoms with Gasteiger partial charge in [0.25, 0.3) is 11.8 Å². The van der Waals surface area contributed by atoms with Crippen molar-refractivity contribution in [1.29, 1.82) is 0 Å². The van der Waals surface area contributed by atoms with Crippen molar-refractivity contribution in [2.75, 3.05) is 46.1 Å². The van der Waals surface area contributed by atoms with Crippen LogP contribution in [-0.2, 0) is 23.9 Å². The Morgan fingerprint density at radius 2 is 1.62 bits per heavy atom. The van der Waals surface area contributed by atoms with Crippen LogP contribution < -0.4 is 11.1 Å². The van der Waals surface area contributed by atoms with E-state index in [0.29, 0.717) is 58.9 Å². The summed E-state index contributed by atoms with van der Waals surface area (Å²) < 4.78 is 10.4. The predicted octanol–water partition coefficient (Wildman–Crippen LogP) is 0.606. The van der Waals surface area contributed by atoms with Crippen molar-refractivity contribution in [1.82, 2.24) is 10.2 Å². The molecule has 0 saturated carbocycles. The van der Waals surface area contributed by atoms with Crippen LogP contribution in [0.1, 0.15) is 39.5 Å². The van der Waals surface area contributed by atoms with E-state index < -0.39 is 0 Å². The van der Waals surface area contributed by atoms with Gasteiger partial charge in [0.05, 0.1) is 26.4 Å². The Morgan fingerprint density at radius 3 is 2.23 bits per heavy atom. The molecule has 0 aromatic heterocycles. The predicted molar refractivity (Wildman–Crippen MR) is 99.4 cm³/mol. The lowest BCUT2D eigenvalue weighted by molar-refractivity contribution is -0.136. The number of unbranched alkanes of at least 4 members (excludes halogenated alkanes) is 2. The summed E-state index contributed by atoms with van der Waals surface area (Å²) in [7, 11) is 0. The first-order chi connectivity index (χ1) is 12.6. The monoisotopic (exact) mass is 371 g/mol. The number of nitrogens with zero attached hydrogens (tertiary/aromatic N) is 1. The van der Waals surface area contributed by atoms with Crippen LogP contribution in [0.4, 0.5) is 0 Å². The standard InChI is InChI=1S/C16H27N3O5.C2H6/c17-7-10-23-12-13-24-11-8-18-14(20)4-2-1-3-9-19-15(21)5-6-16(19)22;1-2/h5-6H,1-4,7-13,17H2,(H,18,20);1-2H3. The summed E-state index contributed by atoms with van der Waals surface area (Å²) in [5.74, 6) is -0.537. The highest BCUT2D eigenvalue weighted by Gasteiger charge is 2.22. The molecule has 0 aromatic carbocycles. The van der Waals surface area contributed by atoms with Crippen molar-refractivity contribution in [2.45, 2.75) is 39.5 Å². The third-order valence-electron chi connectivity index (χ3n) is 3.39. The fourth-order valence-corrected chi connectivity index (χ4v) is 2.14. The zero-order chi connectivity index (χ0) is 19.6. The number of ether oxygens (including phenoxy) is 2. The Kier molecular flexibility index (Phi) is 15.5. The topological polar surface area (TPSA) is 111 Å². The summed E-state index contributed by atoms with van der Waals surface area (Å²) in [6, 6.07) is 0. The Bertz CT molecular complexity index is 423. The Labute approximate surface area is 156 Å². The van der Waals surface area contributed by atoms with E-state index in [1.807, 2.05) is 13.8 Å². The summed E-state index contributed by atoms with van der Waals surface area (Å²) >= 11 is 0. The van der Waals surface area contributed by atoms with E-state index >= 15 is 0 Å². The second-order valence-corrected chi connectivity index (χ2v) is 5.34. The van der Waals surface area contributed by atoms with Crippen molar-refractivity contribution >= 4 is 17.7 Å². The van der Waals surface area contributed by atoms with Gasteiger partial charge >= 0.3 is 0 Å². The van der Waals surface area contributed by atoms with E-state index in [0.717, 1.165) is 12.8 Å². The summed E-state index contributed by atoms with van der Waals surface area (Å²) in [5, 5.41) is 2.78. The number of carbonyl (C=O) groups is 3. The van der Waals surface area contributed by atoms with Gasteiger partial charge in [-0.3, -0.25) is 19.3 Å². The average molecular weight is 371 g/mol. The quantitative estimate of drug-likeness (QED) is 0.342. The zero-order valence-corrected chi connectivity index (χ0v) is 16.0. The molecule has 0 saturated heterocycles. The molecule has 0 fully saturated rings. The molecule has 0 aromatic rings. The van der Waals surface area contributed by atoms with Crippen LogP contribution in [0.5, 0.6) is 0 Å². The highest BCUT2D eigenvalue weighted by atomic mass is 16.5. The number of hydrogen-bond acceptors (Lipinski definition) is 6. The number of nitrogens with two attached hydrogens (primary N) is 1. The lowest BCUT2D eigenvalue weighted by atomic mass is 10.2. The minimum Gasteiger partial charge on any atom is -0.378 e. The molecular weight excluding hydrogens is 338 g/mol. The van der Waals surface area contributed by atoms with Gasteiger partial charge in [0.2, 0.25) is 5.91 Å². The molecule has 0 atom stereocenters. The van der Waals surface area contributed by atoms with Crippen LogP contribution in [0, 0.1) is 0 Å². The first-order valence-corrected chi connectivity index (χ1v) is 9.31. The highest BCUT2D eigenvalue weighted by Crippen LogP contribution is 2.07. The number of rotatable bonds is 14. The van der Waals surface area contributed by atoms with Gasteiger partial charge < -0.3 is 20.5 Å². The molecule has 0 radical (unpaired) electrons. The molecule has 0 spiro atoms. The zero-order valence-electron chi connectivity index (χ0n) is 16.0. The van der Waals surface area contributed by atoms with Gasteiger partial charge in [0.1, 0.15) is 0 Å². The van der Waals surface area contributed by atoms with E-state index in [9.17, 15) is 14.4 Å². The van der Waals surface area contributed by atoms with Crippen molar-refractivity contribution in [2.24, 2.45) is 5.73 Å². The average Bonchev–Trinajstić information content (AvgIpc) is 2.97. The fraction of sp³-hybridized carbons (Fsp3) is 0.722. The largest absolute Gasteiger partial charge is 0.378 e. The van der Waals surface area contributed by atoms with Gasteiger partial charge in [0, 0.05) is 38.2 Å². The summed E-state index contributed by atoms with van der Waals surface area (Å²) in [5.41, 5.74) is 5.28. The minimum atomic E-state index is -0.258. The smallest absolute Gasteiger partial charge is 0.253 e. The lowest BCUT2D eigenvalue weighted by Gasteiger charge is -2.13. The van der Waals surface area contributed by atoms with Crippen molar-refractivity contribution in [3.63, 3.8) is 0 Å². The van der Waals surface area contributed by atoms with Crippen LogP contribution in [0.3, 0.4) is 0 Å². The molecular formula is C18H33N3O5. The fourth-order valence-electron chi connectivity index (χ4n) is 2.14. The Balaban J connectivity index is 0.00000301. The van der Waals surface area contributed by atoms with Crippen LogP contribution in [-0.4, -0.2) is 68.7 Å². The third kappa shape index (κ3) is 11.7. The third-order valence-corrected chi connectivity index (χ3v) is 3.39. The van der Waals surface area contributed by atoms with E-state index in [1.54, 1.807) is 0 Å². The first kappa shape index (κ1) is 24.2. The molecule has 0 aliphatic carbocycles. The van der Waals surface area contributed by atoms with Crippen molar-refractivity contribution < 1.29 is 23.9 Å². The van der Waals surface area contributed by atoms with Crippen LogP contribution in [0.15, 0.2) is 12.2 Å². The van der Waals surface area contributed by atoms with E-state index in [-0.39, 0.29) is 17.7 Å². The number of amides is 3. The van der Waals surface area contributed by atoms with Crippen LogP contribution in [0.25, 0.3) is 0 Å². The summed E-state index contributed by atoms with van der Waals surface area (Å²) in [6.45, 7) is 7.34. The molecule has 8 heteroatoms. The van der Waals surface area contributed by atoms with Crippen LogP contribution in [0.2, 0.25) is 0 Å². The molecule has 1 rings (SSSR count). The van der Waals surface area contributed by atoms with E-state index in [2.05, 4.69) is 5.32 Å². The van der Waals surface area contributed by atoms with Gasteiger partial charge in [0.15, 0.2) is 0 Å². The van der Waals surface area contributed by atoms with Crippen molar-refractivity contribution in [3.8, 4) is 0 Å².